The van der Waals surface area contributed by atoms with Crippen LogP contribution in [0.3, 0.4) is 0 Å². The number of fused-ring (bicyclic) bond motifs is 1. The van der Waals surface area contributed by atoms with E-state index in [1.54, 1.807) is 21.6 Å². The van der Waals surface area contributed by atoms with E-state index < -0.39 is 9.76 Å². The standard InChI is InChI=1S/C18H32N2O5S2Si/c1-10-8-20(17-16(25-17)19-15(10)21)14-7-12(23-11(2)27-26-6)13(24-14)9-22-28-18(3,4)5/h8,11-14,16-17H,7,9,28H2,1-6H3,(H,19,21)/t11-,12?,13?,14?,16?,17?/m1/s1. The van der Waals surface area contributed by atoms with E-state index >= 15 is 0 Å². The summed E-state index contributed by atoms with van der Waals surface area (Å²) in [7, 11) is 2.74. The molecule has 0 saturated carbocycles. The molecule has 0 radical (unpaired) electrons. The molecule has 3 aliphatic rings. The van der Waals surface area contributed by atoms with Crippen molar-refractivity contribution in [2.24, 2.45) is 0 Å². The van der Waals surface area contributed by atoms with Gasteiger partial charge in [-0.05, 0) is 25.1 Å². The van der Waals surface area contributed by atoms with Crippen molar-refractivity contribution in [1.29, 1.82) is 0 Å². The summed E-state index contributed by atoms with van der Waals surface area (Å²) in [6.45, 7) is 11.0. The summed E-state index contributed by atoms with van der Waals surface area (Å²) in [5.41, 5.74) is 0.724. The zero-order valence-electron chi connectivity index (χ0n) is 17.5. The molecular formula is C18H32N2O5S2Si. The van der Waals surface area contributed by atoms with Crippen molar-refractivity contribution in [3.8, 4) is 0 Å². The summed E-state index contributed by atoms with van der Waals surface area (Å²) < 4.78 is 24.3. The summed E-state index contributed by atoms with van der Waals surface area (Å²) in [4.78, 5) is 14.0. The zero-order chi connectivity index (χ0) is 20.5. The molecule has 28 heavy (non-hydrogen) atoms. The Kier molecular flexibility index (Phi) is 7.44. The molecule has 7 nitrogen and oxygen atoms in total. The highest BCUT2D eigenvalue weighted by molar-refractivity contribution is 8.76. The van der Waals surface area contributed by atoms with Gasteiger partial charge in [-0.2, -0.15) is 0 Å². The average Bonchev–Trinajstić information content (AvgIpc) is 3.25. The van der Waals surface area contributed by atoms with E-state index in [4.69, 9.17) is 18.6 Å². The molecule has 1 N–H and O–H groups in total. The lowest BCUT2D eigenvalue weighted by molar-refractivity contribution is -0.118. The third kappa shape index (κ3) is 5.90. The monoisotopic (exact) mass is 448 g/mol. The van der Waals surface area contributed by atoms with E-state index in [0.29, 0.717) is 12.2 Å². The Labute approximate surface area is 178 Å². The fraction of sp³-hybridized carbons (Fsp3) is 0.833. The number of carbonyl (C=O) groups excluding carboxylic acids is 1. The molecule has 0 aromatic heterocycles. The molecule has 160 valence electrons. The molecule has 1 amide bonds. The quantitative estimate of drug-likeness (QED) is 0.262. The zero-order valence-corrected chi connectivity index (χ0v) is 20.5. The Balaban J connectivity index is 1.66. The molecule has 0 aromatic carbocycles. The molecule has 2 fully saturated rings. The first-order valence-electron chi connectivity index (χ1n) is 9.68. The first-order chi connectivity index (χ1) is 13.2. The summed E-state index contributed by atoms with van der Waals surface area (Å²) in [5, 5.41) is 3.10. The fourth-order valence-corrected chi connectivity index (χ4v) is 5.72. The van der Waals surface area contributed by atoms with Crippen LogP contribution in [0.15, 0.2) is 11.8 Å². The molecule has 6 atom stereocenters. The van der Waals surface area contributed by atoms with Gasteiger partial charge in [-0.3, -0.25) is 4.79 Å². The highest BCUT2D eigenvalue weighted by Gasteiger charge is 2.51. The lowest BCUT2D eigenvalue weighted by Gasteiger charge is -2.26. The molecule has 3 rings (SSSR count). The number of epoxide rings is 1. The van der Waals surface area contributed by atoms with E-state index in [1.165, 1.54) is 0 Å². The number of ether oxygens (including phenoxy) is 3. The Morgan fingerprint density at radius 2 is 2.18 bits per heavy atom. The van der Waals surface area contributed by atoms with E-state index in [2.05, 4.69) is 33.0 Å². The van der Waals surface area contributed by atoms with Gasteiger partial charge in [0.25, 0.3) is 0 Å². The van der Waals surface area contributed by atoms with Gasteiger partial charge in [0.05, 0.1) is 12.7 Å². The van der Waals surface area contributed by atoms with Crippen LogP contribution in [-0.4, -0.2) is 69.8 Å². The van der Waals surface area contributed by atoms with Crippen LogP contribution in [0.25, 0.3) is 0 Å². The molecule has 0 aromatic rings. The first-order valence-corrected chi connectivity index (χ1v) is 13.6. The number of hydrogen-bond donors (Lipinski definition) is 1. The van der Waals surface area contributed by atoms with Gasteiger partial charge in [-0.15, -0.1) is 0 Å². The lowest BCUT2D eigenvalue weighted by Crippen LogP contribution is -2.36. The van der Waals surface area contributed by atoms with Gasteiger partial charge in [-0.25, -0.2) is 0 Å². The highest BCUT2D eigenvalue weighted by Crippen LogP contribution is 2.37. The summed E-state index contributed by atoms with van der Waals surface area (Å²) in [6, 6.07) is 0. The topological polar surface area (TPSA) is 72.6 Å². The van der Waals surface area contributed by atoms with Crippen LogP contribution in [0.1, 0.15) is 41.0 Å². The van der Waals surface area contributed by atoms with E-state index in [0.717, 1.165) is 6.42 Å². The van der Waals surface area contributed by atoms with E-state index in [9.17, 15) is 4.79 Å². The maximum atomic E-state index is 12.0. The van der Waals surface area contributed by atoms with Gasteiger partial charge in [-0.1, -0.05) is 42.4 Å². The minimum absolute atomic E-state index is 0.0496. The van der Waals surface area contributed by atoms with Gasteiger partial charge < -0.3 is 28.9 Å². The van der Waals surface area contributed by atoms with Crippen molar-refractivity contribution >= 4 is 37.3 Å². The number of nitrogens with zero attached hydrogens (tertiary/aromatic N) is 1. The van der Waals surface area contributed by atoms with Crippen molar-refractivity contribution < 1.29 is 23.4 Å². The lowest BCUT2D eigenvalue weighted by atomic mass is 10.2. The molecule has 3 heterocycles. The fourth-order valence-electron chi connectivity index (χ4n) is 3.35. The maximum absolute atomic E-state index is 12.0. The van der Waals surface area contributed by atoms with Crippen LogP contribution in [0, 0.1) is 0 Å². The van der Waals surface area contributed by atoms with Gasteiger partial charge in [0.15, 0.2) is 22.2 Å². The van der Waals surface area contributed by atoms with Crippen molar-refractivity contribution in [2.45, 2.75) is 82.4 Å². The van der Waals surface area contributed by atoms with Crippen molar-refractivity contribution in [1.82, 2.24) is 10.2 Å². The Hall–Kier alpha value is -0.233. The second-order valence-corrected chi connectivity index (χ2v) is 14.2. The molecule has 0 spiro atoms. The normalized spacial score (nSPS) is 34.2. The van der Waals surface area contributed by atoms with Gasteiger partial charge in [0.1, 0.15) is 17.8 Å². The first kappa shape index (κ1) is 22.5. The van der Waals surface area contributed by atoms with Crippen LogP contribution in [0.5, 0.6) is 0 Å². The Bertz CT molecular complexity index is 603. The van der Waals surface area contributed by atoms with Crippen LogP contribution in [0.2, 0.25) is 5.04 Å². The smallest absolute Gasteiger partial charge is 0.250 e. The number of carbonyl (C=O) groups is 1. The Morgan fingerprint density at radius 3 is 2.86 bits per heavy atom. The van der Waals surface area contributed by atoms with Crippen LogP contribution >= 0.6 is 21.6 Å². The molecule has 0 bridgehead atoms. The molecule has 5 unspecified atom stereocenters. The molecule has 10 heteroatoms. The van der Waals surface area contributed by atoms with Crippen molar-refractivity contribution in [3.05, 3.63) is 11.8 Å². The number of amides is 1. The van der Waals surface area contributed by atoms with Crippen molar-refractivity contribution in [2.75, 3.05) is 12.9 Å². The second kappa shape index (κ2) is 9.28. The number of hydrogen-bond acceptors (Lipinski definition) is 8. The van der Waals surface area contributed by atoms with E-state index in [1.807, 2.05) is 24.3 Å². The second-order valence-electron chi connectivity index (χ2n) is 8.63. The molecule has 3 aliphatic heterocycles. The molecule has 2 saturated heterocycles. The van der Waals surface area contributed by atoms with E-state index in [-0.39, 0.29) is 47.3 Å². The minimum Gasteiger partial charge on any atom is -0.421 e. The van der Waals surface area contributed by atoms with Crippen molar-refractivity contribution in [3.63, 3.8) is 0 Å². The summed E-state index contributed by atoms with van der Waals surface area (Å²) >= 11 is 0. The molecule has 0 aliphatic carbocycles. The molecular weight excluding hydrogens is 416 g/mol. The SMILES string of the molecule is CSS[C@H](C)OC1CC(N2C=C(C)C(=O)NC3OC32)OC1CO[SiH2]C(C)(C)C. The summed E-state index contributed by atoms with van der Waals surface area (Å²) in [6.07, 6.45) is 3.81. The maximum Gasteiger partial charge on any atom is 0.250 e. The van der Waals surface area contributed by atoms with Crippen LogP contribution < -0.4 is 5.32 Å². The van der Waals surface area contributed by atoms with Crippen LogP contribution in [-0.2, 0) is 23.4 Å². The predicted octanol–water partition coefficient (Wildman–Crippen LogP) is 2.18. The van der Waals surface area contributed by atoms with Gasteiger partial charge >= 0.3 is 0 Å². The minimum atomic E-state index is -0.656. The number of nitrogens with one attached hydrogen (secondary N) is 1. The van der Waals surface area contributed by atoms with Gasteiger partial charge in [0, 0.05) is 18.2 Å². The predicted molar refractivity (Wildman–Crippen MR) is 115 cm³/mol. The third-order valence-corrected chi connectivity index (χ3v) is 7.94. The van der Waals surface area contributed by atoms with Crippen LogP contribution in [0.4, 0.5) is 0 Å². The highest BCUT2D eigenvalue weighted by atomic mass is 33.1. The summed E-state index contributed by atoms with van der Waals surface area (Å²) in [5.74, 6) is -0.0955. The average molecular weight is 449 g/mol. The van der Waals surface area contributed by atoms with Gasteiger partial charge in [0.2, 0.25) is 5.91 Å². The third-order valence-electron chi connectivity index (χ3n) is 4.66. The number of rotatable bonds is 8. The largest absolute Gasteiger partial charge is 0.421 e. The Morgan fingerprint density at radius 1 is 1.43 bits per heavy atom.